The molecule has 0 spiro atoms. The number of nitrogens with one attached hydrogen (secondary N) is 1. The third-order valence-electron chi connectivity index (χ3n) is 6.23. The first-order valence-corrected chi connectivity index (χ1v) is 12.8. The summed E-state index contributed by atoms with van der Waals surface area (Å²) in [5.74, 6) is -0.340. The number of morpholine rings is 1. The number of rotatable bonds is 6. The van der Waals surface area contributed by atoms with E-state index in [2.05, 4.69) is 9.62 Å². The minimum Gasteiger partial charge on any atom is -0.459 e. The molecule has 170 valence electrons. The average molecular weight is 465 g/mol. The zero-order chi connectivity index (χ0) is 22.3. The van der Waals surface area contributed by atoms with E-state index < -0.39 is 27.5 Å². The van der Waals surface area contributed by atoms with Gasteiger partial charge in [0.1, 0.15) is 22.1 Å². The number of benzene rings is 1. The van der Waals surface area contributed by atoms with Crippen LogP contribution in [0.1, 0.15) is 46.1 Å². The molecule has 4 rings (SSSR count). The highest BCUT2D eigenvalue weighted by atomic mass is 32.2. The summed E-state index contributed by atoms with van der Waals surface area (Å²) in [6, 6.07) is 9.95. The molecule has 31 heavy (non-hydrogen) atoms. The van der Waals surface area contributed by atoms with E-state index in [9.17, 15) is 9.00 Å². The zero-order valence-corrected chi connectivity index (χ0v) is 20.3. The molecule has 0 radical (unpaired) electrons. The van der Waals surface area contributed by atoms with Gasteiger partial charge in [-0.15, -0.1) is 0 Å². The fourth-order valence-corrected chi connectivity index (χ4v) is 7.20. The van der Waals surface area contributed by atoms with Gasteiger partial charge in [0, 0.05) is 18.5 Å². The molecule has 1 saturated heterocycles. The Morgan fingerprint density at radius 3 is 2.58 bits per heavy atom. The van der Waals surface area contributed by atoms with Crippen molar-refractivity contribution in [2.24, 2.45) is 0 Å². The maximum atomic E-state index is 13.4. The lowest BCUT2D eigenvalue weighted by Crippen LogP contribution is -2.49. The Balaban J connectivity index is 1.51. The van der Waals surface area contributed by atoms with E-state index in [4.69, 9.17) is 9.47 Å². The molecule has 1 N–H and O–H groups in total. The summed E-state index contributed by atoms with van der Waals surface area (Å²) in [6.45, 7) is 10.9. The SMILES string of the molecule is CC(C)(C)OC(=O)C1(NS(=O)C2=CCC(N3CCOCC3)S2)CC1(C)c1ccccc1. The summed E-state index contributed by atoms with van der Waals surface area (Å²) in [4.78, 5) is 15.7. The molecule has 1 aromatic carbocycles. The molecule has 8 heteroatoms. The number of hydrogen-bond donors (Lipinski definition) is 1. The fraction of sp³-hybridized carbons (Fsp3) is 0.609. The van der Waals surface area contributed by atoms with Crippen molar-refractivity contribution in [2.45, 2.75) is 62.5 Å². The molecule has 1 aromatic rings. The van der Waals surface area contributed by atoms with Gasteiger partial charge >= 0.3 is 5.97 Å². The lowest BCUT2D eigenvalue weighted by Gasteiger charge is -2.31. The van der Waals surface area contributed by atoms with E-state index in [1.54, 1.807) is 11.8 Å². The summed E-state index contributed by atoms with van der Waals surface area (Å²) in [5.41, 5.74) is -1.05. The highest BCUT2D eigenvalue weighted by Crippen LogP contribution is 2.59. The molecule has 2 aliphatic heterocycles. The second-order valence-corrected chi connectivity index (χ2v) is 12.3. The first-order valence-electron chi connectivity index (χ1n) is 10.8. The minimum atomic E-state index is -1.48. The molecular weight excluding hydrogens is 432 g/mol. The molecule has 4 unspecified atom stereocenters. The quantitative estimate of drug-likeness (QED) is 0.652. The monoisotopic (exact) mass is 464 g/mol. The normalized spacial score (nSPS) is 32.4. The molecule has 0 aromatic heterocycles. The van der Waals surface area contributed by atoms with Crippen LogP contribution >= 0.6 is 11.8 Å². The summed E-state index contributed by atoms with van der Waals surface area (Å²) in [6.07, 6.45) is 3.44. The number of carbonyl (C=O) groups is 1. The highest BCUT2D eigenvalue weighted by molar-refractivity contribution is 8.16. The number of esters is 1. The van der Waals surface area contributed by atoms with Crippen molar-refractivity contribution in [1.82, 2.24) is 9.62 Å². The van der Waals surface area contributed by atoms with E-state index >= 15 is 0 Å². The van der Waals surface area contributed by atoms with Crippen LogP contribution in [0.15, 0.2) is 40.6 Å². The van der Waals surface area contributed by atoms with E-state index in [1.807, 2.05) is 64.1 Å². The van der Waals surface area contributed by atoms with Crippen LogP contribution in [-0.2, 0) is 30.7 Å². The highest BCUT2D eigenvalue weighted by Gasteiger charge is 2.72. The van der Waals surface area contributed by atoms with Crippen molar-refractivity contribution in [3.8, 4) is 0 Å². The van der Waals surface area contributed by atoms with Crippen LogP contribution in [0.25, 0.3) is 0 Å². The number of nitrogens with zero attached hydrogens (tertiary/aromatic N) is 1. The second kappa shape index (κ2) is 8.63. The van der Waals surface area contributed by atoms with Crippen molar-refractivity contribution in [3.63, 3.8) is 0 Å². The van der Waals surface area contributed by atoms with Crippen LogP contribution in [0.3, 0.4) is 0 Å². The average Bonchev–Trinajstić information content (AvgIpc) is 3.11. The van der Waals surface area contributed by atoms with Gasteiger partial charge in [0.15, 0.2) is 0 Å². The third-order valence-corrected chi connectivity index (χ3v) is 9.21. The Labute approximate surface area is 191 Å². The van der Waals surface area contributed by atoms with Gasteiger partial charge in [0.25, 0.3) is 0 Å². The van der Waals surface area contributed by atoms with E-state index in [1.165, 1.54) is 0 Å². The molecule has 2 heterocycles. The molecule has 4 atom stereocenters. The van der Waals surface area contributed by atoms with Gasteiger partial charge < -0.3 is 9.47 Å². The maximum Gasteiger partial charge on any atom is 0.328 e. The van der Waals surface area contributed by atoms with Crippen molar-refractivity contribution in [2.75, 3.05) is 26.3 Å². The van der Waals surface area contributed by atoms with Gasteiger partial charge in [-0.25, -0.2) is 13.7 Å². The predicted molar refractivity (Wildman–Crippen MR) is 125 cm³/mol. The second-order valence-electron chi connectivity index (χ2n) is 9.63. The largest absolute Gasteiger partial charge is 0.459 e. The Kier molecular flexibility index (Phi) is 6.40. The number of ether oxygens (including phenoxy) is 2. The van der Waals surface area contributed by atoms with Gasteiger partial charge in [0.2, 0.25) is 0 Å². The van der Waals surface area contributed by atoms with Gasteiger partial charge in [0.05, 0.1) is 22.8 Å². The van der Waals surface area contributed by atoms with Gasteiger partial charge in [-0.05, 0) is 39.2 Å². The standard InChI is InChI=1S/C23H32N2O4S2/c1-21(2,3)29-20(26)23(16-22(23,4)17-8-6-5-7-9-17)24-31(27)19-11-10-18(30-19)25-12-14-28-15-13-25/h5-9,11,18,24H,10,12-16H2,1-4H3. The molecule has 6 nitrogen and oxygen atoms in total. The smallest absolute Gasteiger partial charge is 0.328 e. The van der Waals surface area contributed by atoms with Crippen molar-refractivity contribution < 1.29 is 18.5 Å². The summed E-state index contributed by atoms with van der Waals surface area (Å²) in [5, 5.41) is 0.279. The lowest BCUT2D eigenvalue weighted by atomic mass is 9.93. The molecule has 0 amide bonds. The lowest BCUT2D eigenvalue weighted by molar-refractivity contribution is -0.158. The van der Waals surface area contributed by atoms with E-state index in [0.29, 0.717) is 6.42 Å². The maximum absolute atomic E-state index is 13.4. The summed E-state index contributed by atoms with van der Waals surface area (Å²) >= 11 is 1.63. The molecular formula is C23H32N2O4S2. The first kappa shape index (κ1) is 23.0. The van der Waals surface area contributed by atoms with Crippen LogP contribution in [0.5, 0.6) is 0 Å². The van der Waals surface area contributed by atoms with Gasteiger partial charge in [-0.3, -0.25) is 4.90 Å². The van der Waals surface area contributed by atoms with Gasteiger partial charge in [-0.2, -0.15) is 0 Å². The summed E-state index contributed by atoms with van der Waals surface area (Å²) in [7, 11) is -1.48. The van der Waals surface area contributed by atoms with Crippen LogP contribution in [0.2, 0.25) is 0 Å². The number of thioether (sulfide) groups is 1. The van der Waals surface area contributed by atoms with Crippen LogP contribution < -0.4 is 4.72 Å². The predicted octanol–water partition coefficient (Wildman–Crippen LogP) is 3.32. The Morgan fingerprint density at radius 2 is 1.94 bits per heavy atom. The Bertz CT molecular complexity index is 879. The molecule has 1 aliphatic carbocycles. The number of hydrogen-bond acceptors (Lipinski definition) is 6. The zero-order valence-electron chi connectivity index (χ0n) is 18.7. The van der Waals surface area contributed by atoms with Crippen LogP contribution in [0.4, 0.5) is 0 Å². The Morgan fingerprint density at radius 1 is 1.26 bits per heavy atom. The molecule has 2 fully saturated rings. The van der Waals surface area contributed by atoms with E-state index in [0.717, 1.165) is 42.5 Å². The van der Waals surface area contributed by atoms with Crippen molar-refractivity contribution >= 4 is 28.7 Å². The molecule has 3 aliphatic rings. The third kappa shape index (κ3) is 4.64. The number of carbonyl (C=O) groups excluding carboxylic acids is 1. The van der Waals surface area contributed by atoms with Crippen LogP contribution in [0, 0.1) is 0 Å². The molecule has 0 bridgehead atoms. The van der Waals surface area contributed by atoms with E-state index in [-0.39, 0.29) is 11.3 Å². The van der Waals surface area contributed by atoms with Crippen LogP contribution in [-0.4, -0.2) is 57.9 Å². The van der Waals surface area contributed by atoms with Gasteiger partial charge in [-0.1, -0.05) is 55.1 Å². The minimum absolute atomic E-state index is 0.279. The van der Waals surface area contributed by atoms with Crippen molar-refractivity contribution in [1.29, 1.82) is 0 Å². The Hall–Kier alpha value is -1.19. The first-order chi connectivity index (χ1) is 14.6. The van der Waals surface area contributed by atoms with Crippen molar-refractivity contribution in [3.05, 3.63) is 46.2 Å². The fourth-order valence-electron chi connectivity index (χ4n) is 4.34. The topological polar surface area (TPSA) is 67.9 Å². The summed E-state index contributed by atoms with van der Waals surface area (Å²) < 4.78 is 28.6. The molecule has 1 saturated carbocycles.